The minimum Gasteiger partial charge on any atom is -0.369 e. The van der Waals surface area contributed by atoms with Gasteiger partial charge in [0.1, 0.15) is 5.82 Å². The standard InChI is InChI=1S/C16H14N4O/c17-15(21)9-11-5-1-2-6-12(11)19-16-10-18-13-7-3-4-8-14(13)20-16/h1-8,10H,9H2,(H2,17,21)(H,19,20). The van der Waals surface area contributed by atoms with Gasteiger partial charge in [-0.1, -0.05) is 30.3 Å². The molecule has 0 aliphatic carbocycles. The van der Waals surface area contributed by atoms with Gasteiger partial charge in [-0.2, -0.15) is 0 Å². The van der Waals surface area contributed by atoms with E-state index < -0.39 is 0 Å². The van der Waals surface area contributed by atoms with E-state index in [0.717, 1.165) is 22.3 Å². The number of anilines is 2. The lowest BCUT2D eigenvalue weighted by atomic mass is 10.1. The Hall–Kier alpha value is -2.95. The minimum atomic E-state index is -0.367. The zero-order chi connectivity index (χ0) is 14.7. The number of hydrogen-bond donors (Lipinski definition) is 2. The van der Waals surface area contributed by atoms with Crippen LogP contribution in [0.2, 0.25) is 0 Å². The van der Waals surface area contributed by atoms with Crippen molar-refractivity contribution in [3.05, 3.63) is 60.3 Å². The first-order valence-electron chi connectivity index (χ1n) is 6.57. The predicted molar refractivity (Wildman–Crippen MR) is 82.2 cm³/mol. The Bertz CT molecular complexity index is 801. The van der Waals surface area contributed by atoms with Gasteiger partial charge in [0.2, 0.25) is 5.91 Å². The quantitative estimate of drug-likeness (QED) is 0.768. The fourth-order valence-corrected chi connectivity index (χ4v) is 2.14. The van der Waals surface area contributed by atoms with Gasteiger partial charge in [0.15, 0.2) is 0 Å². The maximum absolute atomic E-state index is 11.1. The molecule has 0 radical (unpaired) electrons. The molecule has 0 bridgehead atoms. The van der Waals surface area contributed by atoms with Crippen molar-refractivity contribution in [3.63, 3.8) is 0 Å². The van der Waals surface area contributed by atoms with Crippen LogP contribution in [-0.4, -0.2) is 15.9 Å². The van der Waals surface area contributed by atoms with Crippen LogP contribution in [0, 0.1) is 0 Å². The lowest BCUT2D eigenvalue weighted by Crippen LogP contribution is -2.14. The third-order valence-corrected chi connectivity index (χ3v) is 3.09. The summed E-state index contributed by atoms with van der Waals surface area (Å²) in [6.07, 6.45) is 1.85. The van der Waals surface area contributed by atoms with Gasteiger partial charge in [0, 0.05) is 5.69 Å². The first-order chi connectivity index (χ1) is 10.2. The predicted octanol–water partition coefficient (Wildman–Crippen LogP) is 2.40. The second kappa shape index (κ2) is 5.58. The number of rotatable bonds is 4. The number of nitrogens with zero attached hydrogens (tertiary/aromatic N) is 2. The van der Waals surface area contributed by atoms with Crippen molar-refractivity contribution in [2.24, 2.45) is 5.73 Å². The number of fused-ring (bicyclic) bond motifs is 1. The highest BCUT2D eigenvalue weighted by atomic mass is 16.1. The molecule has 104 valence electrons. The van der Waals surface area contributed by atoms with Gasteiger partial charge < -0.3 is 11.1 Å². The third kappa shape index (κ3) is 2.97. The molecule has 0 unspecified atom stereocenters. The van der Waals surface area contributed by atoms with E-state index in [0.29, 0.717) is 5.82 Å². The zero-order valence-electron chi connectivity index (χ0n) is 11.3. The van der Waals surface area contributed by atoms with E-state index in [4.69, 9.17) is 5.73 Å². The fraction of sp³-hybridized carbons (Fsp3) is 0.0625. The second-order valence-corrected chi connectivity index (χ2v) is 4.67. The molecule has 21 heavy (non-hydrogen) atoms. The van der Waals surface area contributed by atoms with Gasteiger partial charge in [0.05, 0.1) is 23.7 Å². The molecule has 5 nitrogen and oxygen atoms in total. The minimum absolute atomic E-state index is 0.185. The monoisotopic (exact) mass is 278 g/mol. The molecule has 0 saturated heterocycles. The molecule has 0 fully saturated rings. The summed E-state index contributed by atoms with van der Waals surface area (Å²) in [7, 11) is 0. The molecule has 2 aromatic carbocycles. The SMILES string of the molecule is NC(=O)Cc1ccccc1Nc1cnc2ccccc2n1. The number of primary amides is 1. The van der Waals surface area contributed by atoms with Gasteiger partial charge in [-0.25, -0.2) is 4.98 Å². The van der Waals surface area contributed by atoms with Crippen LogP contribution in [0.5, 0.6) is 0 Å². The number of aromatic nitrogens is 2. The summed E-state index contributed by atoms with van der Waals surface area (Å²) < 4.78 is 0. The number of para-hydroxylation sites is 3. The molecule has 1 heterocycles. The Morgan fingerprint density at radius 2 is 1.76 bits per heavy atom. The smallest absolute Gasteiger partial charge is 0.221 e. The van der Waals surface area contributed by atoms with E-state index in [9.17, 15) is 4.79 Å². The molecule has 3 rings (SSSR count). The molecule has 0 aliphatic heterocycles. The van der Waals surface area contributed by atoms with Crippen molar-refractivity contribution in [1.82, 2.24) is 9.97 Å². The van der Waals surface area contributed by atoms with Gasteiger partial charge in [-0.3, -0.25) is 9.78 Å². The second-order valence-electron chi connectivity index (χ2n) is 4.67. The van der Waals surface area contributed by atoms with Crippen LogP contribution < -0.4 is 11.1 Å². The van der Waals surface area contributed by atoms with Crippen molar-refractivity contribution in [2.45, 2.75) is 6.42 Å². The largest absolute Gasteiger partial charge is 0.369 e. The molecule has 1 amide bonds. The van der Waals surface area contributed by atoms with Crippen molar-refractivity contribution in [3.8, 4) is 0 Å². The summed E-state index contributed by atoms with van der Waals surface area (Å²) in [6, 6.07) is 15.2. The summed E-state index contributed by atoms with van der Waals surface area (Å²) in [6.45, 7) is 0. The first-order valence-corrected chi connectivity index (χ1v) is 6.57. The molecular formula is C16H14N4O. The lowest BCUT2D eigenvalue weighted by molar-refractivity contribution is -0.117. The maximum atomic E-state index is 11.1. The molecule has 0 saturated carbocycles. The molecule has 1 aromatic heterocycles. The molecule has 0 aliphatic rings. The highest BCUT2D eigenvalue weighted by Gasteiger charge is 2.06. The van der Waals surface area contributed by atoms with E-state index in [1.165, 1.54) is 0 Å². The van der Waals surface area contributed by atoms with Crippen molar-refractivity contribution in [2.75, 3.05) is 5.32 Å². The average molecular weight is 278 g/mol. The van der Waals surface area contributed by atoms with Crippen LogP contribution in [0.3, 0.4) is 0 Å². The number of carbonyl (C=O) groups excluding carboxylic acids is 1. The number of nitrogens with two attached hydrogens (primary N) is 1. The number of amides is 1. The van der Waals surface area contributed by atoms with Crippen molar-refractivity contribution in [1.29, 1.82) is 0 Å². The molecular weight excluding hydrogens is 264 g/mol. The van der Waals surface area contributed by atoms with Crippen LogP contribution in [0.25, 0.3) is 11.0 Å². The number of nitrogens with one attached hydrogen (secondary N) is 1. The van der Waals surface area contributed by atoms with Gasteiger partial charge in [0.25, 0.3) is 0 Å². The first kappa shape index (κ1) is 13.1. The van der Waals surface area contributed by atoms with E-state index in [1.54, 1.807) is 6.20 Å². The van der Waals surface area contributed by atoms with E-state index in [-0.39, 0.29) is 12.3 Å². The summed E-state index contributed by atoms with van der Waals surface area (Å²) in [5, 5.41) is 3.19. The topological polar surface area (TPSA) is 80.9 Å². The Morgan fingerprint density at radius 1 is 1.05 bits per heavy atom. The summed E-state index contributed by atoms with van der Waals surface area (Å²) in [5.74, 6) is 0.263. The summed E-state index contributed by atoms with van der Waals surface area (Å²) in [5.41, 5.74) is 8.56. The van der Waals surface area contributed by atoms with Crippen LogP contribution in [0.1, 0.15) is 5.56 Å². The fourth-order valence-electron chi connectivity index (χ4n) is 2.14. The van der Waals surface area contributed by atoms with Crippen LogP contribution in [-0.2, 0) is 11.2 Å². The summed E-state index contributed by atoms with van der Waals surface area (Å²) in [4.78, 5) is 20.0. The maximum Gasteiger partial charge on any atom is 0.221 e. The Balaban J connectivity index is 1.93. The highest BCUT2D eigenvalue weighted by molar-refractivity contribution is 5.80. The molecule has 0 spiro atoms. The number of benzene rings is 2. The van der Waals surface area contributed by atoms with E-state index >= 15 is 0 Å². The van der Waals surface area contributed by atoms with Crippen molar-refractivity contribution < 1.29 is 4.79 Å². The van der Waals surface area contributed by atoms with Gasteiger partial charge >= 0.3 is 0 Å². The molecule has 3 N–H and O–H groups in total. The normalized spacial score (nSPS) is 10.5. The molecule has 5 heteroatoms. The lowest BCUT2D eigenvalue weighted by Gasteiger charge is -2.10. The van der Waals surface area contributed by atoms with Crippen LogP contribution in [0.4, 0.5) is 11.5 Å². The van der Waals surface area contributed by atoms with Crippen molar-refractivity contribution >= 4 is 28.4 Å². The Kier molecular flexibility index (Phi) is 3.47. The van der Waals surface area contributed by atoms with E-state index in [2.05, 4.69) is 15.3 Å². The van der Waals surface area contributed by atoms with Gasteiger partial charge in [-0.15, -0.1) is 0 Å². The summed E-state index contributed by atoms with van der Waals surface area (Å²) >= 11 is 0. The Labute approximate surface area is 121 Å². The zero-order valence-corrected chi connectivity index (χ0v) is 11.3. The van der Waals surface area contributed by atoms with E-state index in [1.807, 2.05) is 48.5 Å². The van der Waals surface area contributed by atoms with Crippen LogP contribution in [0.15, 0.2) is 54.7 Å². The number of carbonyl (C=O) groups is 1. The van der Waals surface area contributed by atoms with Crippen LogP contribution >= 0.6 is 0 Å². The highest BCUT2D eigenvalue weighted by Crippen LogP contribution is 2.21. The average Bonchev–Trinajstić information content (AvgIpc) is 2.49. The molecule has 3 aromatic rings. The Morgan fingerprint density at radius 3 is 2.57 bits per heavy atom. The third-order valence-electron chi connectivity index (χ3n) is 3.09. The van der Waals surface area contributed by atoms with Gasteiger partial charge in [-0.05, 0) is 23.8 Å². The molecule has 0 atom stereocenters. The number of hydrogen-bond acceptors (Lipinski definition) is 4.